The SMILES string of the molecule is C=C(Br)Cn1c(C=Cc2ccc(OC)cc2)nc2ccccc21. The van der Waals surface area contributed by atoms with Crippen molar-refractivity contribution in [3.63, 3.8) is 0 Å². The number of para-hydroxylation sites is 2. The van der Waals surface area contributed by atoms with Gasteiger partial charge in [-0.15, -0.1) is 0 Å². The topological polar surface area (TPSA) is 27.1 Å². The van der Waals surface area contributed by atoms with E-state index in [4.69, 9.17) is 9.72 Å². The zero-order valence-electron chi connectivity index (χ0n) is 12.9. The molecular formula is C19H17BrN2O. The smallest absolute Gasteiger partial charge is 0.134 e. The lowest BCUT2D eigenvalue weighted by Crippen LogP contribution is -1.99. The van der Waals surface area contributed by atoms with E-state index in [-0.39, 0.29) is 0 Å². The van der Waals surface area contributed by atoms with Gasteiger partial charge in [0.1, 0.15) is 11.6 Å². The predicted octanol–water partition coefficient (Wildman–Crippen LogP) is 5.12. The van der Waals surface area contributed by atoms with Crippen LogP contribution in [0.15, 0.2) is 59.6 Å². The van der Waals surface area contributed by atoms with Crippen molar-refractivity contribution in [2.45, 2.75) is 6.54 Å². The second-order valence-electron chi connectivity index (χ2n) is 5.17. The van der Waals surface area contributed by atoms with Gasteiger partial charge in [-0.05, 0) is 35.9 Å². The molecule has 1 aromatic heterocycles. The molecule has 3 aromatic rings. The van der Waals surface area contributed by atoms with Crippen LogP contribution in [0.1, 0.15) is 11.4 Å². The summed E-state index contributed by atoms with van der Waals surface area (Å²) in [7, 11) is 1.67. The summed E-state index contributed by atoms with van der Waals surface area (Å²) < 4.78 is 8.24. The maximum absolute atomic E-state index is 5.18. The molecule has 0 fully saturated rings. The van der Waals surface area contributed by atoms with E-state index < -0.39 is 0 Å². The van der Waals surface area contributed by atoms with E-state index in [1.165, 1.54) is 0 Å². The van der Waals surface area contributed by atoms with Crippen LogP contribution >= 0.6 is 15.9 Å². The molecule has 0 spiro atoms. The van der Waals surface area contributed by atoms with Gasteiger partial charge < -0.3 is 9.30 Å². The molecule has 3 rings (SSSR count). The fourth-order valence-electron chi connectivity index (χ4n) is 2.44. The van der Waals surface area contributed by atoms with Gasteiger partial charge >= 0.3 is 0 Å². The fraction of sp³-hybridized carbons (Fsp3) is 0.105. The van der Waals surface area contributed by atoms with Gasteiger partial charge in [-0.2, -0.15) is 0 Å². The maximum atomic E-state index is 5.18. The van der Waals surface area contributed by atoms with Crippen LogP contribution in [0.4, 0.5) is 0 Å². The molecule has 0 saturated heterocycles. The van der Waals surface area contributed by atoms with Crippen molar-refractivity contribution in [3.8, 4) is 5.75 Å². The lowest BCUT2D eigenvalue weighted by atomic mass is 10.2. The van der Waals surface area contributed by atoms with Crippen LogP contribution < -0.4 is 4.74 Å². The van der Waals surface area contributed by atoms with Gasteiger partial charge in [-0.25, -0.2) is 4.98 Å². The number of allylic oxidation sites excluding steroid dienone is 1. The minimum Gasteiger partial charge on any atom is -0.497 e. The second-order valence-corrected chi connectivity index (χ2v) is 6.29. The first kappa shape index (κ1) is 15.6. The van der Waals surface area contributed by atoms with Crippen molar-refractivity contribution in [3.05, 3.63) is 71.0 Å². The summed E-state index contributed by atoms with van der Waals surface area (Å²) >= 11 is 3.45. The predicted molar refractivity (Wildman–Crippen MR) is 99.7 cm³/mol. The van der Waals surface area contributed by atoms with Gasteiger partial charge in [0.2, 0.25) is 0 Å². The minimum absolute atomic E-state index is 0.683. The number of halogens is 1. The number of hydrogen-bond acceptors (Lipinski definition) is 2. The number of rotatable bonds is 5. The Morgan fingerprint density at radius 2 is 1.91 bits per heavy atom. The summed E-state index contributed by atoms with van der Waals surface area (Å²) in [5, 5.41) is 0. The minimum atomic E-state index is 0.683. The Hall–Kier alpha value is -2.33. The van der Waals surface area contributed by atoms with Crippen LogP contribution in [-0.2, 0) is 6.54 Å². The average molecular weight is 369 g/mol. The molecule has 4 heteroatoms. The molecule has 1 heterocycles. The third kappa shape index (κ3) is 3.54. The molecular weight excluding hydrogens is 352 g/mol. The molecule has 0 amide bonds. The van der Waals surface area contributed by atoms with E-state index in [1.54, 1.807) is 7.11 Å². The van der Waals surface area contributed by atoms with E-state index in [0.29, 0.717) is 6.54 Å². The first-order valence-corrected chi connectivity index (χ1v) is 8.07. The van der Waals surface area contributed by atoms with Gasteiger partial charge in [0.05, 0.1) is 24.7 Å². The van der Waals surface area contributed by atoms with E-state index in [0.717, 1.165) is 32.7 Å². The standard InChI is InChI=1S/C19H17BrN2O/c1-14(20)13-22-18-6-4-3-5-17(18)21-19(22)12-9-15-7-10-16(23-2)11-8-15/h3-12H,1,13H2,2H3. The number of ether oxygens (including phenoxy) is 1. The molecule has 2 aromatic carbocycles. The van der Waals surface area contributed by atoms with Crippen LogP contribution in [0.25, 0.3) is 23.2 Å². The summed E-state index contributed by atoms with van der Waals surface area (Å²) in [5.41, 5.74) is 3.18. The Morgan fingerprint density at radius 1 is 1.17 bits per heavy atom. The lowest BCUT2D eigenvalue weighted by molar-refractivity contribution is 0.415. The van der Waals surface area contributed by atoms with Gasteiger partial charge in [-0.1, -0.05) is 52.9 Å². The molecule has 0 atom stereocenters. The maximum Gasteiger partial charge on any atom is 0.134 e. The molecule has 0 N–H and O–H groups in total. The van der Waals surface area contributed by atoms with Crippen LogP contribution in [-0.4, -0.2) is 16.7 Å². The van der Waals surface area contributed by atoms with Crippen molar-refractivity contribution in [1.29, 1.82) is 0 Å². The molecule has 0 aliphatic rings. The highest BCUT2D eigenvalue weighted by atomic mass is 79.9. The number of hydrogen-bond donors (Lipinski definition) is 0. The van der Waals surface area contributed by atoms with E-state index in [1.807, 2.05) is 54.6 Å². The number of methoxy groups -OCH3 is 1. The number of nitrogens with zero attached hydrogens (tertiary/aromatic N) is 2. The molecule has 23 heavy (non-hydrogen) atoms. The van der Waals surface area contributed by atoms with Crippen molar-refractivity contribution in [1.82, 2.24) is 9.55 Å². The molecule has 0 aliphatic carbocycles. The van der Waals surface area contributed by atoms with Gasteiger partial charge in [0.15, 0.2) is 0 Å². The fourth-order valence-corrected chi connectivity index (χ4v) is 2.70. The lowest BCUT2D eigenvalue weighted by Gasteiger charge is -2.05. The summed E-state index contributed by atoms with van der Waals surface area (Å²) in [6.45, 7) is 4.63. The number of imidazole rings is 1. The quantitative estimate of drug-likeness (QED) is 0.624. The van der Waals surface area contributed by atoms with Crippen molar-refractivity contribution < 1.29 is 4.74 Å². The third-order valence-electron chi connectivity index (χ3n) is 3.55. The Kier molecular flexibility index (Phi) is 4.63. The third-order valence-corrected chi connectivity index (χ3v) is 3.81. The van der Waals surface area contributed by atoms with Gasteiger partial charge in [0.25, 0.3) is 0 Å². The Labute approximate surface area is 144 Å². The number of benzene rings is 2. The second kappa shape index (κ2) is 6.84. The van der Waals surface area contributed by atoms with Crippen LogP contribution in [0, 0.1) is 0 Å². The molecule has 3 nitrogen and oxygen atoms in total. The summed E-state index contributed by atoms with van der Waals surface area (Å²) in [5.74, 6) is 1.76. The molecule has 0 unspecified atom stereocenters. The first-order chi connectivity index (χ1) is 11.2. The highest BCUT2D eigenvalue weighted by Crippen LogP contribution is 2.21. The van der Waals surface area contributed by atoms with Crippen LogP contribution in [0.3, 0.4) is 0 Å². The van der Waals surface area contributed by atoms with Crippen molar-refractivity contribution >= 4 is 39.1 Å². The normalized spacial score (nSPS) is 11.2. The monoisotopic (exact) mass is 368 g/mol. The molecule has 116 valence electrons. The molecule has 0 bridgehead atoms. The van der Waals surface area contributed by atoms with Crippen molar-refractivity contribution in [2.24, 2.45) is 0 Å². The van der Waals surface area contributed by atoms with E-state index in [9.17, 15) is 0 Å². The summed E-state index contributed by atoms with van der Waals surface area (Å²) in [6, 6.07) is 16.0. The van der Waals surface area contributed by atoms with Crippen LogP contribution in [0.5, 0.6) is 5.75 Å². The molecule has 0 aliphatic heterocycles. The van der Waals surface area contributed by atoms with Gasteiger partial charge in [0, 0.05) is 4.48 Å². The Bertz CT molecular complexity index is 863. The summed E-state index contributed by atoms with van der Waals surface area (Å²) in [6.07, 6.45) is 4.08. The van der Waals surface area contributed by atoms with Crippen molar-refractivity contribution in [2.75, 3.05) is 7.11 Å². The average Bonchev–Trinajstić information content (AvgIpc) is 2.91. The molecule has 0 saturated carbocycles. The molecule has 0 radical (unpaired) electrons. The largest absolute Gasteiger partial charge is 0.497 e. The van der Waals surface area contributed by atoms with E-state index >= 15 is 0 Å². The zero-order chi connectivity index (χ0) is 16.2. The number of fused-ring (bicyclic) bond motifs is 1. The summed E-state index contributed by atoms with van der Waals surface area (Å²) in [4.78, 5) is 4.70. The zero-order valence-corrected chi connectivity index (χ0v) is 14.5. The van der Waals surface area contributed by atoms with E-state index in [2.05, 4.69) is 33.1 Å². The highest BCUT2D eigenvalue weighted by Gasteiger charge is 2.08. The highest BCUT2D eigenvalue weighted by molar-refractivity contribution is 9.11. The first-order valence-electron chi connectivity index (χ1n) is 7.28. The number of aromatic nitrogens is 2. The Morgan fingerprint density at radius 3 is 2.61 bits per heavy atom. The van der Waals surface area contributed by atoms with Crippen LogP contribution in [0.2, 0.25) is 0 Å². The Balaban J connectivity index is 1.97. The van der Waals surface area contributed by atoms with Gasteiger partial charge in [-0.3, -0.25) is 0 Å².